The van der Waals surface area contributed by atoms with Crippen molar-refractivity contribution >= 4 is 0 Å². The van der Waals surface area contributed by atoms with Crippen LogP contribution in [-0.2, 0) is 4.74 Å². The monoisotopic (exact) mass is 300 g/mol. The summed E-state index contributed by atoms with van der Waals surface area (Å²) in [5.41, 5.74) is 0. The van der Waals surface area contributed by atoms with E-state index in [1.807, 2.05) is 0 Å². The van der Waals surface area contributed by atoms with Gasteiger partial charge >= 0.3 is 30.1 Å². The Labute approximate surface area is 91.5 Å². The maximum absolute atomic E-state index is 12.8. The number of alkyl halides is 11. The number of halogens is 11. The average molecular weight is 300 g/mol. The van der Waals surface area contributed by atoms with Crippen molar-refractivity contribution in [2.75, 3.05) is 7.11 Å². The molecule has 0 fully saturated rings. The summed E-state index contributed by atoms with van der Waals surface area (Å²) in [6, 6.07) is 0. The van der Waals surface area contributed by atoms with Crippen molar-refractivity contribution in [3.05, 3.63) is 0 Å². The number of hydrogen-bond acceptors (Lipinski definition) is 1. The molecule has 0 spiro atoms. The number of rotatable bonds is 3. The lowest BCUT2D eigenvalue weighted by Crippen LogP contribution is -2.68. The second kappa shape index (κ2) is 4.10. The van der Waals surface area contributed by atoms with Crippen LogP contribution >= 0.6 is 0 Å². The van der Waals surface area contributed by atoms with Crippen LogP contribution < -0.4 is 0 Å². The van der Waals surface area contributed by atoms with Crippen LogP contribution in [0.1, 0.15) is 0 Å². The van der Waals surface area contributed by atoms with Crippen LogP contribution in [0.2, 0.25) is 0 Å². The van der Waals surface area contributed by atoms with E-state index < -0.39 is 37.2 Å². The zero-order valence-corrected chi connectivity index (χ0v) is 8.07. The largest absolute Gasteiger partial charge is 0.460 e. The molecule has 0 aromatic carbocycles. The minimum atomic E-state index is -7.28. The molecule has 18 heavy (non-hydrogen) atoms. The van der Waals surface area contributed by atoms with Gasteiger partial charge in [0, 0.05) is 7.11 Å². The minimum Gasteiger partial charge on any atom is -0.337 e. The first kappa shape index (κ1) is 17.2. The van der Waals surface area contributed by atoms with Gasteiger partial charge in [-0.15, -0.1) is 0 Å². The van der Waals surface area contributed by atoms with E-state index in [4.69, 9.17) is 0 Å². The van der Waals surface area contributed by atoms with Gasteiger partial charge in [0.05, 0.1) is 0 Å². The molecule has 0 aromatic heterocycles. The number of ether oxygens (including phenoxy) is 1. The molecular weight excluding hydrogens is 297 g/mol. The van der Waals surface area contributed by atoms with Crippen molar-refractivity contribution < 1.29 is 53.0 Å². The highest BCUT2D eigenvalue weighted by molar-refractivity contribution is 5.04. The predicted octanol–water partition coefficient (Wildman–Crippen LogP) is 3.69. The van der Waals surface area contributed by atoms with Crippen molar-refractivity contribution in [3.8, 4) is 0 Å². The SMILES string of the molecule is COC(F)(C(F)(F)F)C(F)(F)C(F)(F)C(F)(F)F. The van der Waals surface area contributed by atoms with E-state index in [9.17, 15) is 48.3 Å². The Morgan fingerprint density at radius 2 is 0.889 bits per heavy atom. The molecule has 0 rings (SSSR count). The molecule has 12 heteroatoms. The molecule has 0 N–H and O–H groups in total. The minimum absolute atomic E-state index is 0.423. The smallest absolute Gasteiger partial charge is 0.337 e. The van der Waals surface area contributed by atoms with Crippen molar-refractivity contribution in [3.63, 3.8) is 0 Å². The summed E-state index contributed by atoms with van der Waals surface area (Å²) < 4.78 is 135. The fraction of sp³-hybridized carbons (Fsp3) is 1.00. The normalized spacial score (nSPS) is 18.7. The van der Waals surface area contributed by atoms with Crippen LogP contribution in [0.15, 0.2) is 0 Å². The first-order valence-corrected chi connectivity index (χ1v) is 3.69. The van der Waals surface area contributed by atoms with Gasteiger partial charge in [-0.2, -0.15) is 48.3 Å². The van der Waals surface area contributed by atoms with E-state index in [2.05, 4.69) is 4.74 Å². The first-order valence-electron chi connectivity index (χ1n) is 3.69. The lowest BCUT2D eigenvalue weighted by atomic mass is 10.0. The molecular formula is C6H3F11O. The molecule has 0 aromatic rings. The predicted molar refractivity (Wildman–Crippen MR) is 32.9 cm³/mol. The molecule has 0 bridgehead atoms. The third kappa shape index (κ3) is 2.10. The lowest BCUT2D eigenvalue weighted by molar-refractivity contribution is -0.460. The zero-order chi connectivity index (χ0) is 15.2. The summed E-state index contributed by atoms with van der Waals surface area (Å²) in [6.07, 6.45) is -13.9. The van der Waals surface area contributed by atoms with Crippen LogP contribution in [-0.4, -0.2) is 37.2 Å². The van der Waals surface area contributed by atoms with Crippen LogP contribution in [0.5, 0.6) is 0 Å². The highest BCUT2D eigenvalue weighted by atomic mass is 19.4. The maximum atomic E-state index is 12.8. The standard InChI is InChI=1S/C6H3F11O/c1-18-4(11,6(15,16)17)2(7,8)3(9,10)5(12,13)14/h1H3. The van der Waals surface area contributed by atoms with Crippen LogP contribution in [0.4, 0.5) is 48.3 Å². The number of hydrogen-bond donors (Lipinski definition) is 0. The second-order valence-corrected chi connectivity index (χ2v) is 2.94. The van der Waals surface area contributed by atoms with Gasteiger partial charge in [0.15, 0.2) is 0 Å². The van der Waals surface area contributed by atoms with Gasteiger partial charge < -0.3 is 4.74 Å². The van der Waals surface area contributed by atoms with E-state index in [1.54, 1.807) is 0 Å². The Hall–Kier alpha value is -0.810. The molecule has 0 saturated carbocycles. The van der Waals surface area contributed by atoms with Crippen molar-refractivity contribution in [2.24, 2.45) is 0 Å². The molecule has 1 nitrogen and oxygen atoms in total. The Morgan fingerprint density at radius 1 is 0.556 bits per heavy atom. The third-order valence-corrected chi connectivity index (χ3v) is 1.80. The quantitative estimate of drug-likeness (QED) is 0.722. The Balaban J connectivity index is 5.91. The summed E-state index contributed by atoms with van der Waals surface area (Å²) in [6.45, 7) is 0. The average Bonchev–Trinajstić information content (AvgIpc) is 2.12. The third-order valence-electron chi connectivity index (χ3n) is 1.80. The number of methoxy groups -OCH3 is 1. The summed E-state index contributed by atoms with van der Waals surface area (Å²) in [7, 11) is -0.423. The maximum Gasteiger partial charge on any atom is 0.460 e. The van der Waals surface area contributed by atoms with Crippen LogP contribution in [0.25, 0.3) is 0 Å². The van der Waals surface area contributed by atoms with Crippen molar-refractivity contribution in [2.45, 2.75) is 30.1 Å². The van der Waals surface area contributed by atoms with E-state index >= 15 is 0 Å². The Kier molecular flexibility index (Phi) is 3.91. The molecule has 1 atom stereocenters. The van der Waals surface area contributed by atoms with Crippen molar-refractivity contribution in [1.82, 2.24) is 0 Å². The molecule has 0 radical (unpaired) electrons. The van der Waals surface area contributed by atoms with Gasteiger partial charge in [-0.25, -0.2) is 0 Å². The van der Waals surface area contributed by atoms with E-state index in [0.29, 0.717) is 0 Å². The first-order chi connectivity index (χ1) is 7.56. The summed E-state index contributed by atoms with van der Waals surface area (Å²) >= 11 is 0. The van der Waals surface area contributed by atoms with Crippen molar-refractivity contribution in [1.29, 1.82) is 0 Å². The second-order valence-electron chi connectivity index (χ2n) is 2.94. The van der Waals surface area contributed by atoms with E-state index in [0.717, 1.165) is 0 Å². The molecule has 0 aliphatic heterocycles. The van der Waals surface area contributed by atoms with Crippen LogP contribution in [0, 0.1) is 0 Å². The van der Waals surface area contributed by atoms with Gasteiger partial charge in [-0.1, -0.05) is 0 Å². The van der Waals surface area contributed by atoms with Gasteiger partial charge in [-0.05, 0) is 0 Å². The molecule has 0 aliphatic rings. The molecule has 0 saturated heterocycles. The van der Waals surface area contributed by atoms with E-state index in [1.165, 1.54) is 0 Å². The molecule has 1 unspecified atom stereocenters. The fourth-order valence-electron chi connectivity index (χ4n) is 0.802. The van der Waals surface area contributed by atoms with Gasteiger partial charge in [0.2, 0.25) is 0 Å². The molecule has 0 aliphatic carbocycles. The summed E-state index contributed by atoms with van der Waals surface area (Å²) in [5.74, 6) is -21.0. The lowest BCUT2D eigenvalue weighted by Gasteiger charge is -2.37. The highest BCUT2D eigenvalue weighted by Gasteiger charge is 2.87. The van der Waals surface area contributed by atoms with Gasteiger partial charge in [-0.3, -0.25) is 0 Å². The Morgan fingerprint density at radius 3 is 1.06 bits per heavy atom. The zero-order valence-electron chi connectivity index (χ0n) is 8.07. The molecule has 110 valence electrons. The van der Waals surface area contributed by atoms with Gasteiger partial charge in [0.25, 0.3) is 0 Å². The Bertz CT molecular complexity index is 302. The summed E-state index contributed by atoms with van der Waals surface area (Å²) in [5, 5.41) is 0. The molecule has 0 heterocycles. The highest BCUT2D eigenvalue weighted by Crippen LogP contribution is 2.57. The van der Waals surface area contributed by atoms with E-state index in [-0.39, 0.29) is 0 Å². The van der Waals surface area contributed by atoms with Crippen LogP contribution in [0.3, 0.4) is 0 Å². The topological polar surface area (TPSA) is 9.23 Å². The van der Waals surface area contributed by atoms with Gasteiger partial charge in [0.1, 0.15) is 0 Å². The molecule has 0 amide bonds. The summed E-state index contributed by atoms with van der Waals surface area (Å²) in [4.78, 5) is 0. The fourth-order valence-corrected chi connectivity index (χ4v) is 0.802.